The van der Waals surface area contributed by atoms with Crippen molar-refractivity contribution in [2.75, 3.05) is 13.6 Å². The van der Waals surface area contributed by atoms with Gasteiger partial charge in [0.15, 0.2) is 0 Å². The quantitative estimate of drug-likeness (QED) is 0.778. The van der Waals surface area contributed by atoms with Crippen molar-refractivity contribution in [1.29, 1.82) is 0 Å². The lowest BCUT2D eigenvalue weighted by Gasteiger charge is -2.18. The zero-order valence-electron chi connectivity index (χ0n) is 9.88. The summed E-state index contributed by atoms with van der Waals surface area (Å²) < 4.78 is 0.839. The summed E-state index contributed by atoms with van der Waals surface area (Å²) >= 11 is 3.41. The minimum absolute atomic E-state index is 0.00914. The van der Waals surface area contributed by atoms with E-state index in [1.165, 1.54) is 0 Å². The van der Waals surface area contributed by atoms with Crippen molar-refractivity contribution in [2.24, 2.45) is 0 Å². The molecular weight excluding hydrogens is 266 g/mol. The van der Waals surface area contributed by atoms with E-state index in [1.54, 1.807) is 11.9 Å². The van der Waals surface area contributed by atoms with E-state index >= 15 is 0 Å². The Hall–Kier alpha value is -1.09. The predicted octanol–water partition coefficient (Wildman–Crippen LogP) is 3.41. The highest BCUT2D eigenvalue weighted by Gasteiger charge is 2.14. The topological polar surface area (TPSA) is 20.3 Å². The number of carbonyl (C=O) groups excluding carboxylic acids is 1. The van der Waals surface area contributed by atoms with Crippen molar-refractivity contribution in [3.63, 3.8) is 0 Å². The van der Waals surface area contributed by atoms with E-state index in [4.69, 9.17) is 0 Å². The molecule has 0 bridgehead atoms. The first-order valence-corrected chi connectivity index (χ1v) is 5.87. The molecule has 1 amide bonds. The van der Waals surface area contributed by atoms with Gasteiger partial charge in [0, 0.05) is 18.1 Å². The Morgan fingerprint density at radius 2 is 2.12 bits per heavy atom. The molecule has 0 radical (unpaired) electrons. The highest BCUT2D eigenvalue weighted by molar-refractivity contribution is 9.10. The Kier molecular flexibility index (Phi) is 4.30. The van der Waals surface area contributed by atoms with Crippen LogP contribution in [0.2, 0.25) is 0 Å². The number of carbonyl (C=O) groups is 1. The SMILES string of the molecule is C=C(C)CN(C)C(=O)c1ccc(C)cc1Br. The van der Waals surface area contributed by atoms with Gasteiger partial charge in [0.1, 0.15) is 0 Å². The minimum atomic E-state index is 0.00914. The number of aryl methyl sites for hydroxylation is 1. The predicted molar refractivity (Wildman–Crippen MR) is 70.7 cm³/mol. The fourth-order valence-corrected chi connectivity index (χ4v) is 2.14. The molecule has 0 aromatic heterocycles. The molecule has 0 spiro atoms. The van der Waals surface area contributed by atoms with Crippen LogP contribution >= 0.6 is 15.9 Å². The highest BCUT2D eigenvalue weighted by Crippen LogP contribution is 2.19. The molecule has 0 saturated carbocycles. The average molecular weight is 282 g/mol. The van der Waals surface area contributed by atoms with Crippen molar-refractivity contribution in [3.8, 4) is 0 Å². The summed E-state index contributed by atoms with van der Waals surface area (Å²) in [6.07, 6.45) is 0. The van der Waals surface area contributed by atoms with E-state index in [1.807, 2.05) is 32.0 Å². The van der Waals surface area contributed by atoms with Crippen LogP contribution in [0.15, 0.2) is 34.8 Å². The van der Waals surface area contributed by atoms with Crippen molar-refractivity contribution >= 4 is 21.8 Å². The molecule has 0 aliphatic carbocycles. The first-order chi connectivity index (χ1) is 7.41. The van der Waals surface area contributed by atoms with Crippen LogP contribution in [0.4, 0.5) is 0 Å². The lowest BCUT2D eigenvalue weighted by atomic mass is 10.1. The van der Waals surface area contributed by atoms with Gasteiger partial charge in [0.25, 0.3) is 5.91 Å². The van der Waals surface area contributed by atoms with Crippen LogP contribution in [0.3, 0.4) is 0 Å². The van der Waals surface area contributed by atoms with E-state index in [2.05, 4.69) is 22.5 Å². The largest absolute Gasteiger partial charge is 0.338 e. The third-order valence-electron chi connectivity index (χ3n) is 2.21. The normalized spacial score (nSPS) is 10.0. The fraction of sp³-hybridized carbons (Fsp3) is 0.308. The third-order valence-corrected chi connectivity index (χ3v) is 2.86. The number of hydrogen-bond donors (Lipinski definition) is 0. The zero-order valence-corrected chi connectivity index (χ0v) is 11.5. The molecule has 0 atom stereocenters. The second-order valence-electron chi connectivity index (χ2n) is 4.10. The molecule has 2 nitrogen and oxygen atoms in total. The van der Waals surface area contributed by atoms with Crippen LogP contribution < -0.4 is 0 Å². The van der Waals surface area contributed by atoms with Crippen LogP contribution in [-0.4, -0.2) is 24.4 Å². The van der Waals surface area contributed by atoms with Crippen LogP contribution in [-0.2, 0) is 0 Å². The molecular formula is C13H16BrNO. The molecule has 86 valence electrons. The molecule has 0 aliphatic rings. The van der Waals surface area contributed by atoms with E-state index in [0.717, 1.165) is 15.6 Å². The molecule has 0 fully saturated rings. The summed E-state index contributed by atoms with van der Waals surface area (Å²) in [5.41, 5.74) is 2.79. The number of benzene rings is 1. The van der Waals surface area contributed by atoms with Gasteiger partial charge in [-0.1, -0.05) is 18.2 Å². The zero-order chi connectivity index (χ0) is 12.3. The van der Waals surface area contributed by atoms with Crippen molar-refractivity contribution in [2.45, 2.75) is 13.8 Å². The van der Waals surface area contributed by atoms with Crippen molar-refractivity contribution in [1.82, 2.24) is 4.90 Å². The summed E-state index contributed by atoms with van der Waals surface area (Å²) in [4.78, 5) is 13.7. The number of nitrogens with zero attached hydrogens (tertiary/aromatic N) is 1. The number of likely N-dealkylation sites (N-methyl/N-ethyl adjacent to an activating group) is 1. The van der Waals surface area contributed by atoms with E-state index < -0.39 is 0 Å². The molecule has 3 heteroatoms. The van der Waals surface area contributed by atoms with Gasteiger partial charge in [-0.2, -0.15) is 0 Å². The van der Waals surface area contributed by atoms with Gasteiger partial charge in [0.2, 0.25) is 0 Å². The maximum absolute atomic E-state index is 12.1. The lowest BCUT2D eigenvalue weighted by molar-refractivity contribution is 0.0806. The van der Waals surface area contributed by atoms with Crippen LogP contribution in [0.5, 0.6) is 0 Å². The maximum atomic E-state index is 12.1. The molecule has 1 aromatic carbocycles. The minimum Gasteiger partial charge on any atom is -0.338 e. The van der Waals surface area contributed by atoms with Gasteiger partial charge in [-0.05, 0) is 47.5 Å². The van der Waals surface area contributed by atoms with Gasteiger partial charge in [-0.15, -0.1) is 0 Å². The monoisotopic (exact) mass is 281 g/mol. The Bertz CT molecular complexity index is 426. The molecule has 0 N–H and O–H groups in total. The summed E-state index contributed by atoms with van der Waals surface area (Å²) in [6, 6.07) is 5.73. The first kappa shape index (κ1) is 13.0. The number of halogens is 1. The molecule has 0 unspecified atom stereocenters. The summed E-state index contributed by atoms with van der Waals surface area (Å²) in [5.74, 6) is 0.00914. The first-order valence-electron chi connectivity index (χ1n) is 5.08. The maximum Gasteiger partial charge on any atom is 0.255 e. The van der Waals surface area contributed by atoms with E-state index in [9.17, 15) is 4.79 Å². The van der Waals surface area contributed by atoms with Crippen LogP contribution in [0.1, 0.15) is 22.8 Å². The fourth-order valence-electron chi connectivity index (χ4n) is 1.48. The molecule has 16 heavy (non-hydrogen) atoms. The van der Waals surface area contributed by atoms with Crippen molar-refractivity contribution in [3.05, 3.63) is 46.0 Å². The second-order valence-corrected chi connectivity index (χ2v) is 4.96. The highest BCUT2D eigenvalue weighted by atomic mass is 79.9. The second kappa shape index (κ2) is 5.30. The number of rotatable bonds is 3. The molecule has 1 rings (SSSR count). The summed E-state index contributed by atoms with van der Waals surface area (Å²) in [5, 5.41) is 0. The van der Waals surface area contributed by atoms with Crippen LogP contribution in [0.25, 0.3) is 0 Å². The van der Waals surface area contributed by atoms with Crippen LogP contribution in [0, 0.1) is 6.92 Å². The molecule has 1 aromatic rings. The average Bonchev–Trinajstić information content (AvgIpc) is 2.15. The Morgan fingerprint density at radius 1 is 1.50 bits per heavy atom. The Morgan fingerprint density at radius 3 is 2.62 bits per heavy atom. The van der Waals surface area contributed by atoms with Crippen molar-refractivity contribution < 1.29 is 4.79 Å². The van der Waals surface area contributed by atoms with Gasteiger partial charge >= 0.3 is 0 Å². The lowest BCUT2D eigenvalue weighted by Crippen LogP contribution is -2.28. The smallest absolute Gasteiger partial charge is 0.255 e. The van der Waals surface area contributed by atoms with E-state index in [-0.39, 0.29) is 5.91 Å². The van der Waals surface area contributed by atoms with Gasteiger partial charge in [-0.3, -0.25) is 4.79 Å². The number of hydrogen-bond acceptors (Lipinski definition) is 1. The molecule has 0 heterocycles. The summed E-state index contributed by atoms with van der Waals surface area (Å²) in [6.45, 7) is 8.29. The molecule has 0 saturated heterocycles. The van der Waals surface area contributed by atoms with Gasteiger partial charge in [-0.25, -0.2) is 0 Å². The third kappa shape index (κ3) is 3.20. The number of amides is 1. The Labute approximate surface area is 105 Å². The van der Waals surface area contributed by atoms with Gasteiger partial charge in [0.05, 0.1) is 5.56 Å². The van der Waals surface area contributed by atoms with E-state index in [0.29, 0.717) is 12.1 Å². The Balaban J connectivity index is 2.92. The standard InChI is InChI=1S/C13H16BrNO/c1-9(2)8-15(4)13(16)11-6-5-10(3)7-12(11)14/h5-7H,1,8H2,2-4H3. The van der Waals surface area contributed by atoms with Gasteiger partial charge < -0.3 is 4.90 Å². The molecule has 0 aliphatic heterocycles. The summed E-state index contributed by atoms with van der Waals surface area (Å²) in [7, 11) is 1.78.